The van der Waals surface area contributed by atoms with Gasteiger partial charge in [-0.05, 0) is 25.2 Å². The molecule has 0 fully saturated rings. The Bertz CT molecular complexity index is 176. The minimum Gasteiger partial charge on any atom is -0.385 e. The molecule has 1 N–H and O–H groups in total. The van der Waals surface area contributed by atoms with Crippen molar-refractivity contribution < 1.29 is 9.90 Å². The molecule has 2 heteroatoms. The monoisotopic (exact) mass is 228 g/mol. The molecule has 0 aromatic heterocycles. The first-order valence-corrected chi connectivity index (χ1v) is 6.78. The fraction of sp³-hybridized carbons (Fsp3) is 0.929. The molecule has 0 aliphatic carbocycles. The highest BCUT2D eigenvalue weighted by molar-refractivity contribution is 5.82. The van der Waals surface area contributed by atoms with Crippen molar-refractivity contribution in [3.63, 3.8) is 0 Å². The van der Waals surface area contributed by atoms with E-state index in [4.69, 9.17) is 0 Å². The van der Waals surface area contributed by atoms with Gasteiger partial charge in [-0.2, -0.15) is 0 Å². The first-order valence-electron chi connectivity index (χ1n) is 6.78. The number of hydrogen-bond acceptors (Lipinski definition) is 2. The van der Waals surface area contributed by atoms with Crippen molar-refractivity contribution in [2.45, 2.75) is 78.2 Å². The summed E-state index contributed by atoms with van der Waals surface area (Å²) in [6, 6.07) is 0. The van der Waals surface area contributed by atoms with Crippen molar-refractivity contribution in [2.24, 2.45) is 5.92 Å². The van der Waals surface area contributed by atoms with Crippen molar-refractivity contribution in [3.8, 4) is 0 Å². The van der Waals surface area contributed by atoms with Gasteiger partial charge in [0.2, 0.25) is 0 Å². The van der Waals surface area contributed by atoms with Crippen LogP contribution in [0.3, 0.4) is 0 Å². The van der Waals surface area contributed by atoms with E-state index in [-0.39, 0.29) is 5.78 Å². The standard InChI is InChI=1S/C14H28O2/c1-4-5-6-7-8-9-13(15)14(16)11-10-12(2)3/h12,14,16H,4-11H2,1-3H3. The molecule has 0 saturated carbocycles. The summed E-state index contributed by atoms with van der Waals surface area (Å²) >= 11 is 0. The highest BCUT2D eigenvalue weighted by Crippen LogP contribution is 2.11. The molecule has 0 rings (SSSR count). The predicted octanol–water partition coefficient (Wildman–Crippen LogP) is 3.71. The first kappa shape index (κ1) is 15.6. The smallest absolute Gasteiger partial charge is 0.161 e. The van der Waals surface area contributed by atoms with Crippen LogP contribution >= 0.6 is 0 Å². The molecule has 0 radical (unpaired) electrons. The highest BCUT2D eigenvalue weighted by atomic mass is 16.3. The average Bonchev–Trinajstić information content (AvgIpc) is 2.25. The van der Waals surface area contributed by atoms with Crippen molar-refractivity contribution in [1.82, 2.24) is 0 Å². The SMILES string of the molecule is CCCCCCCC(=O)C(O)CCC(C)C. The van der Waals surface area contributed by atoms with Gasteiger partial charge < -0.3 is 5.11 Å². The van der Waals surface area contributed by atoms with Gasteiger partial charge in [-0.1, -0.05) is 46.5 Å². The predicted molar refractivity (Wildman–Crippen MR) is 68.5 cm³/mol. The van der Waals surface area contributed by atoms with Gasteiger partial charge in [0.25, 0.3) is 0 Å². The number of rotatable bonds is 10. The number of carbonyl (C=O) groups is 1. The number of aliphatic hydroxyl groups is 1. The quantitative estimate of drug-likeness (QED) is 0.579. The van der Waals surface area contributed by atoms with Gasteiger partial charge in [0.1, 0.15) is 6.10 Å². The maximum atomic E-state index is 11.5. The molecule has 16 heavy (non-hydrogen) atoms. The van der Waals surface area contributed by atoms with Gasteiger partial charge in [-0.25, -0.2) is 0 Å². The Kier molecular flexibility index (Phi) is 9.60. The molecule has 1 atom stereocenters. The van der Waals surface area contributed by atoms with Crippen LogP contribution in [-0.4, -0.2) is 17.0 Å². The van der Waals surface area contributed by atoms with Gasteiger partial charge in [0, 0.05) is 6.42 Å². The minimum absolute atomic E-state index is 0.0390. The van der Waals surface area contributed by atoms with E-state index < -0.39 is 6.10 Å². The van der Waals surface area contributed by atoms with Crippen molar-refractivity contribution >= 4 is 5.78 Å². The minimum atomic E-state index is -0.714. The third-order valence-corrected chi connectivity index (χ3v) is 2.92. The van der Waals surface area contributed by atoms with E-state index in [9.17, 15) is 9.90 Å². The van der Waals surface area contributed by atoms with Crippen LogP contribution in [0.25, 0.3) is 0 Å². The van der Waals surface area contributed by atoms with Gasteiger partial charge in [-0.3, -0.25) is 4.79 Å². The summed E-state index contributed by atoms with van der Waals surface area (Å²) in [4.78, 5) is 11.5. The highest BCUT2D eigenvalue weighted by Gasteiger charge is 2.14. The van der Waals surface area contributed by atoms with E-state index in [1.807, 2.05) is 0 Å². The van der Waals surface area contributed by atoms with E-state index in [0.29, 0.717) is 18.8 Å². The molecule has 0 heterocycles. The molecule has 1 unspecified atom stereocenters. The molecule has 2 nitrogen and oxygen atoms in total. The van der Waals surface area contributed by atoms with E-state index in [2.05, 4.69) is 20.8 Å². The Balaban J connectivity index is 3.47. The molecule has 0 saturated heterocycles. The number of carbonyl (C=O) groups excluding carboxylic acids is 1. The molecule has 0 aromatic carbocycles. The third kappa shape index (κ3) is 8.90. The molecule has 0 amide bonds. The Morgan fingerprint density at radius 1 is 1.06 bits per heavy atom. The number of unbranched alkanes of at least 4 members (excludes halogenated alkanes) is 4. The average molecular weight is 228 g/mol. The molecule has 0 spiro atoms. The fourth-order valence-corrected chi connectivity index (χ4v) is 1.72. The molecular weight excluding hydrogens is 200 g/mol. The lowest BCUT2D eigenvalue weighted by Gasteiger charge is -2.10. The second-order valence-electron chi connectivity index (χ2n) is 5.12. The van der Waals surface area contributed by atoms with Crippen molar-refractivity contribution in [1.29, 1.82) is 0 Å². The largest absolute Gasteiger partial charge is 0.385 e. The lowest BCUT2D eigenvalue weighted by atomic mass is 9.99. The normalized spacial score (nSPS) is 13.1. The zero-order valence-corrected chi connectivity index (χ0v) is 11.2. The van der Waals surface area contributed by atoms with Crippen LogP contribution in [0, 0.1) is 5.92 Å². The number of ketones is 1. The lowest BCUT2D eigenvalue weighted by molar-refractivity contribution is -0.127. The third-order valence-electron chi connectivity index (χ3n) is 2.92. The summed E-state index contributed by atoms with van der Waals surface area (Å²) < 4.78 is 0. The zero-order valence-electron chi connectivity index (χ0n) is 11.2. The molecule has 0 bridgehead atoms. The summed E-state index contributed by atoms with van der Waals surface area (Å²) in [6.45, 7) is 6.41. The van der Waals surface area contributed by atoms with Crippen LogP contribution in [0.4, 0.5) is 0 Å². The number of aliphatic hydroxyl groups excluding tert-OH is 1. The van der Waals surface area contributed by atoms with Crippen molar-refractivity contribution in [3.05, 3.63) is 0 Å². The molecule has 0 aliphatic heterocycles. The number of Topliss-reactive ketones (excluding diaryl/α,β-unsaturated/α-hetero) is 1. The van der Waals surface area contributed by atoms with Gasteiger partial charge in [0.15, 0.2) is 5.78 Å². The van der Waals surface area contributed by atoms with E-state index in [1.165, 1.54) is 19.3 Å². The second-order valence-corrected chi connectivity index (χ2v) is 5.12. The van der Waals surface area contributed by atoms with Crippen LogP contribution in [0.2, 0.25) is 0 Å². The van der Waals surface area contributed by atoms with E-state index in [0.717, 1.165) is 19.3 Å². The zero-order chi connectivity index (χ0) is 12.4. The van der Waals surface area contributed by atoms with Crippen LogP contribution in [0.15, 0.2) is 0 Å². The topological polar surface area (TPSA) is 37.3 Å². The maximum absolute atomic E-state index is 11.5. The van der Waals surface area contributed by atoms with E-state index in [1.54, 1.807) is 0 Å². The summed E-state index contributed by atoms with van der Waals surface area (Å²) in [7, 11) is 0. The van der Waals surface area contributed by atoms with Gasteiger partial charge in [0.05, 0.1) is 0 Å². The Labute approximate surface area is 100 Å². The summed E-state index contributed by atoms with van der Waals surface area (Å²) in [5, 5.41) is 9.62. The van der Waals surface area contributed by atoms with Crippen LogP contribution in [0.1, 0.15) is 72.1 Å². The second kappa shape index (κ2) is 9.83. The Hall–Kier alpha value is -0.370. The Morgan fingerprint density at radius 2 is 1.69 bits per heavy atom. The Morgan fingerprint density at radius 3 is 2.25 bits per heavy atom. The van der Waals surface area contributed by atoms with Crippen molar-refractivity contribution in [2.75, 3.05) is 0 Å². The maximum Gasteiger partial charge on any atom is 0.161 e. The van der Waals surface area contributed by atoms with Gasteiger partial charge in [-0.15, -0.1) is 0 Å². The molecular formula is C14H28O2. The molecule has 96 valence electrons. The molecule has 0 aromatic rings. The fourth-order valence-electron chi connectivity index (χ4n) is 1.72. The van der Waals surface area contributed by atoms with Crippen LogP contribution in [-0.2, 0) is 4.79 Å². The summed E-state index contributed by atoms with van der Waals surface area (Å²) in [5.74, 6) is 0.601. The van der Waals surface area contributed by atoms with E-state index >= 15 is 0 Å². The van der Waals surface area contributed by atoms with Crippen LogP contribution in [0.5, 0.6) is 0 Å². The summed E-state index contributed by atoms with van der Waals surface area (Å²) in [6.07, 6.45) is 7.17. The van der Waals surface area contributed by atoms with Crippen LogP contribution < -0.4 is 0 Å². The number of hydrogen-bond donors (Lipinski definition) is 1. The lowest BCUT2D eigenvalue weighted by Crippen LogP contribution is -2.20. The molecule has 0 aliphatic rings. The van der Waals surface area contributed by atoms with Gasteiger partial charge >= 0.3 is 0 Å². The first-order chi connectivity index (χ1) is 7.57. The summed E-state index contributed by atoms with van der Waals surface area (Å²) in [5.41, 5.74) is 0.